The van der Waals surface area contributed by atoms with Gasteiger partial charge in [0.05, 0.1) is 25.3 Å². The number of alkyl halides is 3. The number of carbonyl (C=O) groups excluding carboxylic acids is 2. The SMILES string of the molecule is O=CN1CCC(C(=O)CN2c3nc(N4CC5CC4CO5)cc(=O)n3CC[C@H]2C(F)(F)F)CC1. The van der Waals surface area contributed by atoms with Crippen molar-refractivity contribution in [3.05, 3.63) is 16.4 Å². The number of morpholine rings is 1. The van der Waals surface area contributed by atoms with Crippen LogP contribution in [-0.2, 0) is 20.9 Å². The molecule has 9 nitrogen and oxygen atoms in total. The van der Waals surface area contributed by atoms with Crippen LogP contribution >= 0.6 is 0 Å². The van der Waals surface area contributed by atoms with Crippen molar-refractivity contribution in [2.75, 3.05) is 42.6 Å². The minimum atomic E-state index is -4.57. The molecule has 1 aromatic rings. The minimum Gasteiger partial charge on any atom is -0.374 e. The van der Waals surface area contributed by atoms with Crippen LogP contribution in [0.5, 0.6) is 0 Å². The Morgan fingerprint density at radius 1 is 1.21 bits per heavy atom. The summed E-state index contributed by atoms with van der Waals surface area (Å²) in [5, 5.41) is 0. The molecule has 4 aliphatic heterocycles. The van der Waals surface area contributed by atoms with E-state index in [0.29, 0.717) is 44.9 Å². The van der Waals surface area contributed by atoms with E-state index in [2.05, 4.69) is 4.98 Å². The number of fused-ring (bicyclic) bond motifs is 3. The van der Waals surface area contributed by atoms with Gasteiger partial charge in [0.1, 0.15) is 11.9 Å². The van der Waals surface area contributed by atoms with E-state index in [1.54, 1.807) is 4.90 Å². The fourth-order valence-electron chi connectivity index (χ4n) is 5.43. The van der Waals surface area contributed by atoms with Gasteiger partial charge in [0, 0.05) is 38.2 Å². The summed E-state index contributed by atoms with van der Waals surface area (Å²) in [6.45, 7) is 1.26. The van der Waals surface area contributed by atoms with Crippen LogP contribution < -0.4 is 15.4 Å². The Bertz CT molecular complexity index is 991. The summed E-state index contributed by atoms with van der Waals surface area (Å²) < 4.78 is 48.7. The molecule has 3 saturated heterocycles. The molecule has 4 aliphatic rings. The van der Waals surface area contributed by atoms with Gasteiger partial charge in [-0.15, -0.1) is 0 Å². The Kier molecular flexibility index (Phi) is 5.58. The number of anilines is 2. The molecule has 33 heavy (non-hydrogen) atoms. The number of likely N-dealkylation sites (tertiary alicyclic amines) is 1. The third kappa shape index (κ3) is 4.09. The van der Waals surface area contributed by atoms with Crippen molar-refractivity contribution in [3.8, 4) is 0 Å². The number of hydrogen-bond donors (Lipinski definition) is 0. The van der Waals surface area contributed by atoms with Gasteiger partial charge < -0.3 is 19.4 Å². The van der Waals surface area contributed by atoms with Crippen LogP contribution in [0, 0.1) is 5.92 Å². The van der Waals surface area contributed by atoms with E-state index in [4.69, 9.17) is 4.74 Å². The first-order valence-electron chi connectivity index (χ1n) is 11.3. The molecule has 0 saturated carbocycles. The van der Waals surface area contributed by atoms with Gasteiger partial charge in [-0.05, 0) is 25.7 Å². The number of ether oxygens (including phenoxy) is 1. The second-order valence-electron chi connectivity index (χ2n) is 9.26. The van der Waals surface area contributed by atoms with E-state index in [0.717, 1.165) is 17.7 Å². The van der Waals surface area contributed by atoms with Gasteiger partial charge in [0.15, 0.2) is 5.78 Å². The van der Waals surface area contributed by atoms with Crippen LogP contribution in [0.2, 0.25) is 0 Å². The number of aromatic nitrogens is 2. The van der Waals surface area contributed by atoms with Gasteiger partial charge in [0.2, 0.25) is 12.4 Å². The summed E-state index contributed by atoms with van der Waals surface area (Å²) in [6, 6.07) is -0.477. The molecule has 0 aliphatic carbocycles. The fraction of sp³-hybridized carbons (Fsp3) is 0.714. The first-order chi connectivity index (χ1) is 15.7. The number of hydrogen-bond acceptors (Lipinski definition) is 7. The standard InChI is InChI=1S/C21H26F3N5O4/c22-21(23,24)17-3-6-27-19(32)8-18(28-9-15-7-14(28)11-33-15)25-20(27)29(17)10-16(31)13-1-4-26(12-30)5-2-13/h8,12-15,17H,1-7,9-11H2/t14?,15?,17-/m0/s1. The van der Waals surface area contributed by atoms with Crippen LogP contribution in [0.4, 0.5) is 24.9 Å². The summed E-state index contributed by atoms with van der Waals surface area (Å²) in [5.41, 5.74) is -0.420. The topological polar surface area (TPSA) is 88.0 Å². The number of amides is 1. The van der Waals surface area contributed by atoms with Crippen LogP contribution in [0.15, 0.2) is 10.9 Å². The van der Waals surface area contributed by atoms with Gasteiger partial charge in [-0.3, -0.25) is 19.0 Å². The lowest BCUT2D eigenvalue weighted by Gasteiger charge is -2.40. The van der Waals surface area contributed by atoms with Crippen molar-refractivity contribution in [2.24, 2.45) is 5.92 Å². The predicted molar refractivity (Wildman–Crippen MR) is 111 cm³/mol. The highest BCUT2D eigenvalue weighted by atomic mass is 19.4. The number of nitrogens with zero attached hydrogens (tertiary/aromatic N) is 5. The summed E-state index contributed by atoms with van der Waals surface area (Å²) in [4.78, 5) is 45.7. The minimum absolute atomic E-state index is 0.0356. The average Bonchev–Trinajstić information content (AvgIpc) is 3.42. The predicted octanol–water partition coefficient (Wildman–Crippen LogP) is 0.799. The van der Waals surface area contributed by atoms with Crippen molar-refractivity contribution in [3.63, 3.8) is 0 Å². The van der Waals surface area contributed by atoms with Gasteiger partial charge in [-0.2, -0.15) is 18.2 Å². The monoisotopic (exact) mass is 469 g/mol. The zero-order valence-corrected chi connectivity index (χ0v) is 18.0. The van der Waals surface area contributed by atoms with E-state index >= 15 is 0 Å². The number of halogens is 3. The van der Waals surface area contributed by atoms with E-state index in [9.17, 15) is 27.6 Å². The Labute approximate surface area is 188 Å². The normalized spacial score (nSPS) is 27.7. The lowest BCUT2D eigenvalue weighted by molar-refractivity contribution is -0.153. The number of rotatable bonds is 5. The maximum atomic E-state index is 14.0. The van der Waals surface area contributed by atoms with Crippen LogP contribution in [0.1, 0.15) is 25.7 Å². The van der Waals surface area contributed by atoms with Gasteiger partial charge in [-0.25, -0.2) is 0 Å². The van der Waals surface area contributed by atoms with E-state index in [1.165, 1.54) is 10.6 Å². The molecule has 0 aromatic carbocycles. The molecular formula is C21H26F3N5O4. The Hall–Kier alpha value is -2.63. The average molecular weight is 469 g/mol. The highest BCUT2D eigenvalue weighted by Gasteiger charge is 2.48. The van der Waals surface area contributed by atoms with Gasteiger partial charge in [-0.1, -0.05) is 0 Å². The lowest BCUT2D eigenvalue weighted by atomic mass is 9.92. The molecule has 2 bridgehead atoms. The van der Waals surface area contributed by atoms with E-state index in [-0.39, 0.29) is 36.8 Å². The molecule has 0 spiro atoms. The number of piperidine rings is 1. The number of ketones is 1. The first-order valence-corrected chi connectivity index (χ1v) is 11.3. The van der Waals surface area contributed by atoms with Crippen LogP contribution in [0.25, 0.3) is 0 Å². The number of carbonyl (C=O) groups is 2. The molecule has 0 N–H and O–H groups in total. The maximum absolute atomic E-state index is 14.0. The van der Waals surface area contributed by atoms with E-state index < -0.39 is 30.2 Å². The summed E-state index contributed by atoms with van der Waals surface area (Å²) in [6.07, 6.45) is -2.51. The highest BCUT2D eigenvalue weighted by Crippen LogP contribution is 2.36. The van der Waals surface area contributed by atoms with Crippen LogP contribution in [0.3, 0.4) is 0 Å². The Morgan fingerprint density at radius 3 is 2.58 bits per heavy atom. The van der Waals surface area contributed by atoms with Crippen molar-refractivity contribution >= 4 is 24.0 Å². The summed E-state index contributed by atoms with van der Waals surface area (Å²) in [7, 11) is 0. The third-order valence-corrected chi connectivity index (χ3v) is 7.27. The molecule has 1 amide bonds. The van der Waals surface area contributed by atoms with Crippen molar-refractivity contribution in [1.82, 2.24) is 14.5 Å². The second kappa shape index (κ2) is 8.30. The molecule has 3 atom stereocenters. The van der Waals surface area contributed by atoms with E-state index in [1.807, 2.05) is 4.90 Å². The van der Waals surface area contributed by atoms with Gasteiger partial charge in [0.25, 0.3) is 5.56 Å². The fourth-order valence-corrected chi connectivity index (χ4v) is 5.43. The molecule has 3 fully saturated rings. The molecule has 0 radical (unpaired) electrons. The second-order valence-corrected chi connectivity index (χ2v) is 9.26. The van der Waals surface area contributed by atoms with Crippen molar-refractivity contribution in [1.29, 1.82) is 0 Å². The summed E-state index contributed by atoms with van der Waals surface area (Å²) >= 11 is 0. The molecule has 1 aromatic heterocycles. The zero-order valence-electron chi connectivity index (χ0n) is 18.0. The quantitative estimate of drug-likeness (QED) is 0.590. The van der Waals surface area contributed by atoms with Crippen LogP contribution in [-0.4, -0.2) is 83.8 Å². The Morgan fingerprint density at radius 2 is 1.97 bits per heavy atom. The lowest BCUT2D eigenvalue weighted by Crippen LogP contribution is -2.55. The Balaban J connectivity index is 1.45. The largest absolute Gasteiger partial charge is 0.408 e. The van der Waals surface area contributed by atoms with Crippen molar-refractivity contribution in [2.45, 2.75) is 56.6 Å². The number of Topliss-reactive ketones (excluding diaryl/α,β-unsaturated/α-hetero) is 1. The highest BCUT2D eigenvalue weighted by molar-refractivity contribution is 5.85. The molecule has 180 valence electrons. The molecule has 5 heterocycles. The molecule has 5 rings (SSSR count). The van der Waals surface area contributed by atoms with Crippen molar-refractivity contribution < 1.29 is 27.5 Å². The third-order valence-electron chi connectivity index (χ3n) is 7.27. The molecule has 2 unspecified atom stereocenters. The molecule has 12 heteroatoms. The summed E-state index contributed by atoms with van der Waals surface area (Å²) in [5.74, 6) is -0.515. The maximum Gasteiger partial charge on any atom is 0.408 e. The zero-order chi connectivity index (χ0) is 23.3. The first kappa shape index (κ1) is 22.2. The van der Waals surface area contributed by atoms with Gasteiger partial charge >= 0.3 is 6.18 Å². The molecular weight excluding hydrogens is 443 g/mol. The smallest absolute Gasteiger partial charge is 0.374 e.